The zero-order chi connectivity index (χ0) is 103. The topological polar surface area (TPSA) is 26.3 Å². The van der Waals surface area contributed by atoms with Gasteiger partial charge in [0, 0.05) is 32.3 Å². The van der Waals surface area contributed by atoms with Gasteiger partial charge >= 0.3 is 0 Å². The van der Waals surface area contributed by atoms with Crippen molar-refractivity contribution in [3.8, 4) is 55.6 Å². The van der Waals surface area contributed by atoms with E-state index >= 15 is 0 Å². The van der Waals surface area contributed by atoms with Gasteiger partial charge in [0.05, 0.1) is 71.3 Å². The number of benzene rings is 17. The third-order valence-corrected chi connectivity index (χ3v) is 14.6. The van der Waals surface area contributed by atoms with Gasteiger partial charge in [0.15, 0.2) is 0 Å². The van der Waals surface area contributed by atoms with Crippen molar-refractivity contribution in [1.82, 2.24) is 0 Å². The quantitative estimate of drug-likeness (QED) is 0.161. The van der Waals surface area contributed by atoms with Crippen LogP contribution in [0.15, 0.2) is 323 Å². The van der Waals surface area contributed by atoms with Gasteiger partial charge in [-0.1, -0.05) is 272 Å². The highest BCUT2D eigenvalue weighted by molar-refractivity contribution is 6.29. The Labute approximate surface area is 580 Å². The number of hydrogen-bond acceptors (Lipinski definition) is 2. The lowest BCUT2D eigenvalue weighted by atomic mass is 9.84. The molecule has 2 nitrogen and oxygen atoms in total. The highest BCUT2D eigenvalue weighted by atomic mass is 16.3. The molecule has 0 N–H and O–H groups in total. The van der Waals surface area contributed by atoms with Gasteiger partial charge < -0.3 is 8.83 Å². The first-order valence-corrected chi connectivity index (χ1v) is 26.1. The van der Waals surface area contributed by atoms with Gasteiger partial charge in [-0.2, -0.15) is 0 Å². The second kappa shape index (κ2) is 20.0. The molecule has 0 saturated heterocycles. The fraction of sp³-hybridized carbons (Fsp3) is 0. The molecule has 0 fully saturated rings. The van der Waals surface area contributed by atoms with Crippen LogP contribution < -0.4 is 0 Å². The summed E-state index contributed by atoms with van der Waals surface area (Å²) >= 11 is 0. The van der Waals surface area contributed by atoms with Gasteiger partial charge in [0.25, 0.3) is 0 Å². The average Bonchev–Trinajstić information content (AvgIpc) is 1.49. The molecule has 0 unspecified atom stereocenters. The molecule has 0 spiro atoms. The predicted molar refractivity (Wildman–Crippen MR) is 375 cm³/mol. The highest BCUT2D eigenvalue weighted by Gasteiger charge is 2.24. The minimum absolute atomic E-state index is 0.424. The van der Waals surface area contributed by atoms with Crippen molar-refractivity contribution in [3.63, 3.8) is 0 Å². The smallest absolute Gasteiger partial charge is 0.143 e. The molecule has 19 rings (SSSR count). The molecule has 0 aliphatic heterocycles. The Bertz CT molecular complexity index is 9120. The molecule has 17 aromatic carbocycles. The van der Waals surface area contributed by atoms with Crippen molar-refractivity contribution in [2.45, 2.75) is 0 Å². The van der Waals surface area contributed by atoms with E-state index in [-0.39, 0.29) is 0 Å². The van der Waals surface area contributed by atoms with E-state index in [0.717, 1.165) is 0 Å². The molecule has 0 aliphatic rings. The SMILES string of the molecule is [2H]c1c([2H])c(-c2c3c([2H])c([2H])c([2H])c([2H])c3c(-c3c([2H])c([2H])c4c([2H])c([2H])c([2H])c([2H])c4c3[2H])c3c([2H])c([2H])c([2H])c([2H])c23)c2c(oc3c4c([2H])c([2H])c([2H])c([2H])c4c([2H])c([2H])c32)c1[2H].[2H]c1c([2H])c([2H])c(-c2c([2H])c([2H])c3c([2H])c(-c4c5c([2H])c([2H])c([2H])c([2H])c5c(-c5c([2H])c([2H])c([2H])c6oc7c8c([2H])c([2H])c([2H])c([2H])c8c([2H])c([2H])c7c56)c5c([2H])c([2H])c([2H])c([2H])c45)c([2H])c([2H])c3c2[2H])c([2H])c1[2H]. The average molecular weight is 1170 g/mol. The first-order valence-electron chi connectivity index (χ1n) is 52.1. The molecule has 0 atom stereocenters. The molecule has 19 aromatic rings. The van der Waals surface area contributed by atoms with Crippen LogP contribution in [0.25, 0.3) is 186 Å². The monoisotopic (exact) mass is 1170 g/mol. The minimum Gasteiger partial charge on any atom is -0.455 e. The maximum absolute atomic E-state index is 9.73. The summed E-state index contributed by atoms with van der Waals surface area (Å²) in [6.07, 6.45) is 0. The van der Waals surface area contributed by atoms with Crippen LogP contribution in [0.4, 0.5) is 0 Å². The van der Waals surface area contributed by atoms with E-state index in [1.54, 1.807) is 0 Å². The molecule has 0 amide bonds. The molecular formula is C86H52O2. The van der Waals surface area contributed by atoms with Gasteiger partial charge in [0.2, 0.25) is 0 Å². The van der Waals surface area contributed by atoms with Gasteiger partial charge in [-0.3, -0.25) is 0 Å². The lowest BCUT2D eigenvalue weighted by Gasteiger charge is -2.18. The molecule has 0 bridgehead atoms. The van der Waals surface area contributed by atoms with Crippen LogP contribution in [0.2, 0.25) is 0 Å². The van der Waals surface area contributed by atoms with E-state index in [1.165, 1.54) is 0 Å². The van der Waals surface area contributed by atoms with Crippen LogP contribution >= 0.6 is 0 Å². The van der Waals surface area contributed by atoms with Crippen molar-refractivity contribution in [2.24, 2.45) is 0 Å². The van der Waals surface area contributed by atoms with Gasteiger partial charge in [-0.25, -0.2) is 0 Å². The second-order valence-corrected chi connectivity index (χ2v) is 19.3. The molecular weight excluding hydrogens is 1060 g/mol. The summed E-state index contributed by atoms with van der Waals surface area (Å²) in [6, 6.07) is -46.2. The van der Waals surface area contributed by atoms with E-state index < -0.39 is 500 Å². The standard InChI is InChI=1S/C46H28O.C40H24O/c1-2-11-29(12-3-1)31-21-22-33-28-34(24-23-32(33)27-31)43-36-15-6-8-17-38(36)44(39-18-9-7-16-37(39)43)40-19-10-20-42-45(40)41-26-25-30-13-4-5-14-35(30)46(41)47-42;1-2-12-27-24-28(21-20-25(27)10-1)37-30-14-5-7-16-32(30)38(33-17-8-6-15-31(33)37)34-18-9-19-36-39(34)35-23-22-26-11-3-4-13-29(26)40(35)41-36/h1-28H;1-24H/i1D,2D,3D,4D,5D,6D,7D,8D,9D,10D,11D,12D,13D,14D,15D,16D,17D,18D,19D,20D,21D,22D,23D,24D,25D,26D,27D,28D;1D,2D,3D,4D,5D,6D,7D,8D,9D,10D,11D,12D,13D,14D,15D,16D,17D,18D,19D,20D,21D,22D,23D,24D. The normalized spacial score (nSPS) is 20.1. The maximum Gasteiger partial charge on any atom is 0.143 e. The summed E-state index contributed by atoms with van der Waals surface area (Å²) in [5.41, 5.74) is -9.35. The molecule has 0 saturated carbocycles. The first kappa shape index (κ1) is 20.6. The molecule has 0 aliphatic carbocycles. The Morgan fingerprint density at radius 1 is 0.193 bits per heavy atom. The summed E-state index contributed by atoms with van der Waals surface area (Å²) in [5.74, 6) is 0. The summed E-state index contributed by atoms with van der Waals surface area (Å²) in [5, 5.41) is -12.0. The summed E-state index contributed by atoms with van der Waals surface area (Å²) < 4.78 is 478. The van der Waals surface area contributed by atoms with E-state index in [2.05, 4.69) is 0 Å². The van der Waals surface area contributed by atoms with Crippen molar-refractivity contribution in [3.05, 3.63) is 314 Å². The van der Waals surface area contributed by atoms with Crippen molar-refractivity contribution in [2.75, 3.05) is 0 Å². The summed E-state index contributed by atoms with van der Waals surface area (Å²) in [4.78, 5) is 0. The molecule has 2 aromatic heterocycles. The number of furan rings is 2. The van der Waals surface area contributed by atoms with Gasteiger partial charge in [-0.15, -0.1) is 0 Å². The van der Waals surface area contributed by atoms with Crippen molar-refractivity contribution < 1.29 is 80.1 Å². The Balaban J connectivity index is 0.000000187. The fourth-order valence-corrected chi connectivity index (χ4v) is 11.0. The van der Waals surface area contributed by atoms with Crippen LogP contribution in [0, 0.1) is 0 Å². The van der Waals surface area contributed by atoms with Crippen LogP contribution in [0.1, 0.15) is 71.3 Å². The molecule has 2 heteroatoms. The number of hydrogen-bond donors (Lipinski definition) is 0. The van der Waals surface area contributed by atoms with Crippen LogP contribution in [-0.4, -0.2) is 0 Å². The van der Waals surface area contributed by atoms with Crippen LogP contribution in [-0.2, 0) is 0 Å². The van der Waals surface area contributed by atoms with Crippen LogP contribution in [0.3, 0.4) is 0 Å². The highest BCUT2D eigenvalue weighted by Crippen LogP contribution is 2.50. The van der Waals surface area contributed by atoms with E-state index in [1.807, 2.05) is 0 Å². The lowest BCUT2D eigenvalue weighted by Crippen LogP contribution is -1.91. The number of rotatable bonds is 5. The van der Waals surface area contributed by atoms with Crippen molar-refractivity contribution >= 4 is 130 Å². The fourth-order valence-electron chi connectivity index (χ4n) is 11.0. The van der Waals surface area contributed by atoms with E-state index in [9.17, 15) is 26.0 Å². The van der Waals surface area contributed by atoms with Crippen molar-refractivity contribution in [1.29, 1.82) is 0 Å². The molecule has 2 heterocycles. The van der Waals surface area contributed by atoms with Crippen LogP contribution in [0.5, 0.6) is 0 Å². The van der Waals surface area contributed by atoms with Gasteiger partial charge in [-0.05, 0) is 173 Å². The Hall–Kier alpha value is -11.6. The van der Waals surface area contributed by atoms with E-state index in [4.69, 9.17) is 54.1 Å². The molecule has 0 radical (unpaired) electrons. The molecule has 88 heavy (non-hydrogen) atoms. The third kappa shape index (κ3) is 7.83. The minimum atomic E-state index is -1.06. The first-order chi connectivity index (χ1) is 65.3. The Morgan fingerprint density at radius 3 is 0.955 bits per heavy atom. The summed E-state index contributed by atoms with van der Waals surface area (Å²) in [7, 11) is 0. The second-order valence-electron chi connectivity index (χ2n) is 19.3. The maximum atomic E-state index is 9.73. The summed E-state index contributed by atoms with van der Waals surface area (Å²) in [6.45, 7) is 0. The Morgan fingerprint density at radius 2 is 0.511 bits per heavy atom. The zero-order valence-corrected chi connectivity index (χ0v) is 43.8. The predicted octanol–water partition coefficient (Wildman–Crippen LogP) is 24.7. The Kier molecular flexibility index (Phi) is 4.68. The van der Waals surface area contributed by atoms with Gasteiger partial charge in [0.1, 0.15) is 22.3 Å². The largest absolute Gasteiger partial charge is 0.455 e. The zero-order valence-electron chi connectivity index (χ0n) is 95.8. The third-order valence-electron chi connectivity index (χ3n) is 14.6. The molecule has 408 valence electrons. The van der Waals surface area contributed by atoms with E-state index in [0.29, 0.717) is 0 Å². The lowest BCUT2D eigenvalue weighted by molar-refractivity contribution is 0.672. The number of fused-ring (bicyclic) bond motifs is 16.